The number of rotatable bonds is 7. The molecule has 0 unspecified atom stereocenters. The van der Waals surface area contributed by atoms with Crippen molar-refractivity contribution in [3.8, 4) is 5.75 Å². The SMILES string of the molecule is O=C(COc1ccccc1)NCCCC(=O)N1Cc2ccccc2C1. The quantitative estimate of drug-likeness (QED) is 0.789. The molecule has 0 bridgehead atoms. The van der Waals surface area contributed by atoms with Gasteiger partial charge in [0.25, 0.3) is 5.91 Å². The predicted octanol–water partition coefficient (Wildman–Crippen LogP) is 2.50. The summed E-state index contributed by atoms with van der Waals surface area (Å²) in [5.74, 6) is 0.622. The molecule has 5 nitrogen and oxygen atoms in total. The van der Waals surface area contributed by atoms with E-state index in [1.54, 1.807) is 12.1 Å². The Balaban J connectivity index is 1.31. The van der Waals surface area contributed by atoms with Gasteiger partial charge in [-0.1, -0.05) is 42.5 Å². The molecule has 2 aromatic carbocycles. The van der Waals surface area contributed by atoms with Crippen molar-refractivity contribution < 1.29 is 14.3 Å². The van der Waals surface area contributed by atoms with Gasteiger partial charge in [-0.15, -0.1) is 0 Å². The Labute approximate surface area is 147 Å². The molecule has 3 rings (SSSR count). The van der Waals surface area contributed by atoms with E-state index in [0.717, 1.165) is 0 Å². The molecule has 1 aliphatic rings. The lowest BCUT2D eigenvalue weighted by atomic mass is 10.1. The number of amides is 2. The van der Waals surface area contributed by atoms with Gasteiger partial charge >= 0.3 is 0 Å². The van der Waals surface area contributed by atoms with E-state index in [1.165, 1.54) is 11.1 Å². The van der Waals surface area contributed by atoms with Gasteiger partial charge < -0.3 is 15.0 Å². The number of nitrogens with one attached hydrogen (secondary N) is 1. The molecule has 0 saturated heterocycles. The summed E-state index contributed by atoms with van der Waals surface area (Å²) in [6, 6.07) is 17.3. The van der Waals surface area contributed by atoms with Gasteiger partial charge in [-0.25, -0.2) is 0 Å². The lowest BCUT2D eigenvalue weighted by Gasteiger charge is -2.15. The van der Waals surface area contributed by atoms with Crippen LogP contribution in [-0.2, 0) is 22.7 Å². The minimum atomic E-state index is -0.176. The van der Waals surface area contributed by atoms with Crippen molar-refractivity contribution in [3.05, 3.63) is 65.7 Å². The van der Waals surface area contributed by atoms with Crippen LogP contribution in [0.4, 0.5) is 0 Å². The van der Waals surface area contributed by atoms with Gasteiger partial charge in [0.1, 0.15) is 5.75 Å². The monoisotopic (exact) mass is 338 g/mol. The zero-order valence-electron chi connectivity index (χ0n) is 14.1. The second-order valence-corrected chi connectivity index (χ2v) is 6.07. The highest BCUT2D eigenvalue weighted by molar-refractivity contribution is 5.78. The highest BCUT2D eigenvalue weighted by atomic mass is 16.5. The topological polar surface area (TPSA) is 58.6 Å². The van der Waals surface area contributed by atoms with E-state index in [2.05, 4.69) is 17.4 Å². The predicted molar refractivity (Wildman–Crippen MR) is 94.9 cm³/mol. The lowest BCUT2D eigenvalue weighted by molar-refractivity contribution is -0.132. The first kappa shape index (κ1) is 17.0. The smallest absolute Gasteiger partial charge is 0.257 e. The average Bonchev–Trinajstić information content (AvgIpc) is 3.08. The van der Waals surface area contributed by atoms with Crippen molar-refractivity contribution in [1.82, 2.24) is 10.2 Å². The standard InChI is InChI=1S/C20H22N2O3/c23-19(15-25-18-9-2-1-3-10-18)21-12-6-11-20(24)22-13-16-7-4-5-8-17(16)14-22/h1-5,7-10H,6,11-15H2,(H,21,23). The van der Waals surface area contributed by atoms with E-state index in [0.29, 0.717) is 38.2 Å². The van der Waals surface area contributed by atoms with Gasteiger partial charge in [0, 0.05) is 26.1 Å². The Morgan fingerprint density at radius 3 is 2.28 bits per heavy atom. The fraction of sp³-hybridized carbons (Fsp3) is 0.300. The second kappa shape index (κ2) is 8.33. The van der Waals surface area contributed by atoms with Gasteiger partial charge in [-0.2, -0.15) is 0 Å². The molecular formula is C20H22N2O3. The molecule has 1 N–H and O–H groups in total. The van der Waals surface area contributed by atoms with Gasteiger partial charge in [0.15, 0.2) is 6.61 Å². The van der Waals surface area contributed by atoms with Crippen molar-refractivity contribution in [2.75, 3.05) is 13.2 Å². The Morgan fingerprint density at radius 2 is 1.60 bits per heavy atom. The van der Waals surface area contributed by atoms with Gasteiger partial charge in [0.2, 0.25) is 5.91 Å². The molecule has 25 heavy (non-hydrogen) atoms. The van der Waals surface area contributed by atoms with Crippen LogP contribution in [0.3, 0.4) is 0 Å². The number of carbonyl (C=O) groups excluding carboxylic acids is 2. The summed E-state index contributed by atoms with van der Waals surface area (Å²) in [5.41, 5.74) is 2.45. The molecule has 2 amide bonds. The summed E-state index contributed by atoms with van der Waals surface area (Å²) in [4.78, 5) is 25.9. The maximum absolute atomic E-state index is 12.3. The van der Waals surface area contributed by atoms with Crippen molar-refractivity contribution in [1.29, 1.82) is 0 Å². The van der Waals surface area contributed by atoms with Crippen LogP contribution in [0.5, 0.6) is 5.75 Å². The summed E-state index contributed by atoms with van der Waals surface area (Å²) in [6.07, 6.45) is 1.07. The van der Waals surface area contributed by atoms with Crippen LogP contribution in [0.2, 0.25) is 0 Å². The summed E-state index contributed by atoms with van der Waals surface area (Å²) in [5, 5.41) is 2.78. The number of benzene rings is 2. The van der Waals surface area contributed by atoms with Crippen LogP contribution in [0.1, 0.15) is 24.0 Å². The maximum Gasteiger partial charge on any atom is 0.257 e. The first-order chi connectivity index (χ1) is 12.2. The number of para-hydroxylation sites is 1. The zero-order chi connectivity index (χ0) is 17.5. The highest BCUT2D eigenvalue weighted by Crippen LogP contribution is 2.22. The third kappa shape index (κ3) is 4.83. The van der Waals surface area contributed by atoms with Crippen molar-refractivity contribution in [3.63, 3.8) is 0 Å². The molecule has 0 saturated carbocycles. The van der Waals surface area contributed by atoms with Crippen molar-refractivity contribution in [2.24, 2.45) is 0 Å². The van der Waals surface area contributed by atoms with E-state index >= 15 is 0 Å². The average molecular weight is 338 g/mol. The number of fused-ring (bicyclic) bond motifs is 1. The number of nitrogens with zero attached hydrogens (tertiary/aromatic N) is 1. The third-order valence-corrected chi connectivity index (χ3v) is 4.20. The van der Waals surface area contributed by atoms with E-state index in [-0.39, 0.29) is 18.4 Å². The molecule has 130 valence electrons. The van der Waals surface area contributed by atoms with E-state index < -0.39 is 0 Å². The molecule has 0 fully saturated rings. The number of ether oxygens (including phenoxy) is 1. The van der Waals surface area contributed by atoms with Gasteiger partial charge in [-0.3, -0.25) is 9.59 Å². The summed E-state index contributed by atoms with van der Waals surface area (Å²) in [6.45, 7) is 1.83. The minimum Gasteiger partial charge on any atom is -0.484 e. The first-order valence-corrected chi connectivity index (χ1v) is 8.51. The molecule has 1 aliphatic heterocycles. The molecule has 0 aromatic heterocycles. The van der Waals surface area contributed by atoms with Crippen LogP contribution in [-0.4, -0.2) is 29.9 Å². The number of hydrogen-bond acceptors (Lipinski definition) is 3. The summed E-state index contributed by atoms with van der Waals surface area (Å²) < 4.78 is 5.38. The molecule has 0 aliphatic carbocycles. The van der Waals surface area contributed by atoms with E-state index in [9.17, 15) is 9.59 Å². The Morgan fingerprint density at radius 1 is 0.960 bits per heavy atom. The molecule has 2 aromatic rings. The highest BCUT2D eigenvalue weighted by Gasteiger charge is 2.22. The Bertz CT molecular complexity index is 706. The number of carbonyl (C=O) groups is 2. The number of hydrogen-bond donors (Lipinski definition) is 1. The fourth-order valence-corrected chi connectivity index (χ4v) is 2.85. The zero-order valence-corrected chi connectivity index (χ0v) is 14.1. The van der Waals surface area contributed by atoms with E-state index in [1.807, 2.05) is 35.2 Å². The molecule has 5 heteroatoms. The minimum absolute atomic E-state index is 0.0145. The lowest BCUT2D eigenvalue weighted by Crippen LogP contribution is -2.31. The van der Waals surface area contributed by atoms with Crippen LogP contribution >= 0.6 is 0 Å². The van der Waals surface area contributed by atoms with Crippen molar-refractivity contribution in [2.45, 2.75) is 25.9 Å². The normalized spacial score (nSPS) is 12.6. The van der Waals surface area contributed by atoms with Gasteiger partial charge in [-0.05, 0) is 29.7 Å². The molecular weight excluding hydrogens is 316 g/mol. The third-order valence-electron chi connectivity index (χ3n) is 4.20. The van der Waals surface area contributed by atoms with Crippen LogP contribution in [0.15, 0.2) is 54.6 Å². The molecule has 0 radical (unpaired) electrons. The molecule has 1 heterocycles. The second-order valence-electron chi connectivity index (χ2n) is 6.07. The largest absolute Gasteiger partial charge is 0.484 e. The Hall–Kier alpha value is -2.82. The van der Waals surface area contributed by atoms with Crippen molar-refractivity contribution >= 4 is 11.8 Å². The fourth-order valence-electron chi connectivity index (χ4n) is 2.85. The van der Waals surface area contributed by atoms with E-state index in [4.69, 9.17) is 4.74 Å². The molecule has 0 spiro atoms. The maximum atomic E-state index is 12.3. The molecule has 0 atom stereocenters. The first-order valence-electron chi connectivity index (χ1n) is 8.51. The Kier molecular flexibility index (Phi) is 5.67. The summed E-state index contributed by atoms with van der Waals surface area (Å²) >= 11 is 0. The van der Waals surface area contributed by atoms with Crippen LogP contribution in [0, 0.1) is 0 Å². The van der Waals surface area contributed by atoms with Crippen LogP contribution < -0.4 is 10.1 Å². The summed E-state index contributed by atoms with van der Waals surface area (Å²) in [7, 11) is 0. The van der Waals surface area contributed by atoms with Gasteiger partial charge in [0.05, 0.1) is 0 Å². The van der Waals surface area contributed by atoms with Crippen LogP contribution in [0.25, 0.3) is 0 Å².